The van der Waals surface area contributed by atoms with E-state index in [-0.39, 0.29) is 28.8 Å². The van der Waals surface area contributed by atoms with Crippen LogP contribution in [0.15, 0.2) is 59.1 Å². The van der Waals surface area contributed by atoms with Gasteiger partial charge in [0, 0.05) is 24.5 Å². The van der Waals surface area contributed by atoms with Crippen LogP contribution in [-0.4, -0.2) is 37.3 Å². The monoisotopic (exact) mass is 504 g/mol. The fourth-order valence-corrected chi connectivity index (χ4v) is 4.22. The van der Waals surface area contributed by atoms with Gasteiger partial charge in [0.15, 0.2) is 11.6 Å². The lowest BCUT2D eigenvalue weighted by atomic mass is 10.0. The van der Waals surface area contributed by atoms with Crippen molar-refractivity contribution in [2.75, 3.05) is 0 Å². The second kappa shape index (κ2) is 7.81. The number of oxazole rings is 1. The van der Waals surface area contributed by atoms with Crippen molar-refractivity contribution in [1.82, 2.24) is 19.5 Å². The number of benzene rings is 1. The number of pyridine rings is 1. The van der Waals surface area contributed by atoms with Gasteiger partial charge in [0.1, 0.15) is 5.69 Å². The Kier molecular flexibility index (Phi) is 5.17. The zero-order chi connectivity index (χ0) is 26.0. The van der Waals surface area contributed by atoms with E-state index in [1.54, 1.807) is 42.5 Å². The van der Waals surface area contributed by atoms with E-state index in [0.717, 1.165) is 0 Å². The van der Waals surface area contributed by atoms with Crippen LogP contribution < -0.4 is 0 Å². The molecule has 11 heteroatoms. The van der Waals surface area contributed by atoms with Crippen molar-refractivity contribution in [2.24, 2.45) is 7.05 Å². The third-order valence-electron chi connectivity index (χ3n) is 6.22. The number of nitrogens with zero attached hydrogens (tertiary/aromatic N) is 4. The van der Waals surface area contributed by atoms with E-state index in [9.17, 15) is 8.78 Å². The van der Waals surface area contributed by atoms with Gasteiger partial charge in [-0.2, -0.15) is 26.3 Å². The molecule has 5 rings (SSSR count). The summed E-state index contributed by atoms with van der Waals surface area (Å²) in [6.07, 6.45) is 1.43. The van der Waals surface area contributed by atoms with E-state index in [4.69, 9.17) is 4.42 Å². The summed E-state index contributed by atoms with van der Waals surface area (Å²) in [5.41, 5.74) is -3.61. The molecule has 0 amide bonds. The molecule has 0 bridgehead atoms. The second-order valence-corrected chi connectivity index (χ2v) is 8.42. The molecule has 0 aliphatic heterocycles. The van der Waals surface area contributed by atoms with E-state index in [1.165, 1.54) is 37.7 Å². The Labute approximate surface area is 201 Å². The molecule has 0 unspecified atom stereocenters. The van der Waals surface area contributed by atoms with E-state index in [0.29, 0.717) is 5.56 Å². The Morgan fingerprint density at radius 2 is 1.44 bits per heavy atom. The summed E-state index contributed by atoms with van der Waals surface area (Å²) in [6.45, 7) is 2.55. The van der Waals surface area contributed by atoms with Gasteiger partial charge in [-0.15, -0.1) is 0 Å². The summed E-state index contributed by atoms with van der Waals surface area (Å²) in [4.78, 5) is 12.2. The first kappa shape index (κ1) is 23.8. The van der Waals surface area contributed by atoms with Gasteiger partial charge in [-0.05, 0) is 38.1 Å². The van der Waals surface area contributed by atoms with E-state index < -0.39 is 40.4 Å². The third-order valence-corrected chi connectivity index (χ3v) is 6.22. The van der Waals surface area contributed by atoms with Crippen LogP contribution in [0.25, 0.3) is 34.1 Å². The summed E-state index contributed by atoms with van der Waals surface area (Å²) < 4.78 is 97.3. The molecule has 5 nitrogen and oxygen atoms in total. The average molecular weight is 504 g/mol. The number of halogens is 6. The van der Waals surface area contributed by atoms with Crippen molar-refractivity contribution in [2.45, 2.75) is 31.6 Å². The number of imidazole rings is 1. The summed E-state index contributed by atoms with van der Waals surface area (Å²) in [7, 11) is 1.45. The predicted octanol–water partition coefficient (Wildman–Crippen LogP) is 6.58. The molecule has 0 radical (unpaired) electrons. The third kappa shape index (κ3) is 3.14. The van der Waals surface area contributed by atoms with Crippen molar-refractivity contribution in [3.8, 4) is 23.0 Å². The molecule has 1 aromatic carbocycles. The van der Waals surface area contributed by atoms with Gasteiger partial charge in [0.05, 0.1) is 22.5 Å². The van der Waals surface area contributed by atoms with Gasteiger partial charge >= 0.3 is 17.8 Å². The Bertz CT molecular complexity index is 1490. The van der Waals surface area contributed by atoms with Gasteiger partial charge in [-0.3, -0.25) is 4.98 Å². The summed E-state index contributed by atoms with van der Waals surface area (Å²) >= 11 is 0. The van der Waals surface area contributed by atoms with Crippen LogP contribution in [0.5, 0.6) is 0 Å². The molecule has 0 saturated carbocycles. The second-order valence-electron chi connectivity index (χ2n) is 8.42. The minimum Gasteiger partial charge on any atom is -0.436 e. The highest BCUT2D eigenvalue weighted by Crippen LogP contribution is 2.65. The molecule has 186 valence electrons. The molecule has 1 aliphatic rings. The number of hydrogen-bond acceptors (Lipinski definition) is 4. The van der Waals surface area contributed by atoms with E-state index in [1.807, 2.05) is 0 Å². The van der Waals surface area contributed by atoms with Crippen LogP contribution in [0.3, 0.4) is 0 Å². The highest BCUT2D eigenvalue weighted by Gasteiger charge is 2.81. The first-order valence-electron chi connectivity index (χ1n) is 10.8. The first-order chi connectivity index (χ1) is 16.9. The molecule has 3 heterocycles. The number of aromatic nitrogens is 4. The number of alkyl halides is 6. The molecular weight excluding hydrogens is 486 g/mol. The molecule has 4 aromatic rings. The predicted molar refractivity (Wildman–Crippen MR) is 120 cm³/mol. The van der Waals surface area contributed by atoms with Gasteiger partial charge in [-0.1, -0.05) is 24.3 Å². The summed E-state index contributed by atoms with van der Waals surface area (Å²) in [5.74, 6) is -17.3. The largest absolute Gasteiger partial charge is 0.436 e. The van der Waals surface area contributed by atoms with Crippen molar-refractivity contribution in [1.29, 1.82) is 0 Å². The van der Waals surface area contributed by atoms with Crippen molar-refractivity contribution in [3.63, 3.8) is 0 Å². The van der Waals surface area contributed by atoms with Crippen LogP contribution in [0.1, 0.15) is 22.8 Å². The lowest BCUT2D eigenvalue weighted by Crippen LogP contribution is -2.49. The molecule has 0 spiro atoms. The van der Waals surface area contributed by atoms with E-state index in [2.05, 4.69) is 15.0 Å². The Hall–Kier alpha value is -3.89. The van der Waals surface area contributed by atoms with Crippen LogP contribution in [0, 0.1) is 13.8 Å². The minimum atomic E-state index is -5.74. The van der Waals surface area contributed by atoms with E-state index >= 15 is 17.6 Å². The fourth-order valence-electron chi connectivity index (χ4n) is 4.22. The lowest BCUT2D eigenvalue weighted by Gasteiger charge is -2.25. The molecule has 36 heavy (non-hydrogen) atoms. The van der Waals surface area contributed by atoms with Crippen LogP contribution in [0.4, 0.5) is 26.3 Å². The minimum absolute atomic E-state index is 0.0308. The Balaban J connectivity index is 1.82. The quantitative estimate of drug-likeness (QED) is 0.295. The number of hydrogen-bond donors (Lipinski definition) is 0. The SMILES string of the molecule is Cc1nc(-c2ccccc2)oc1C1=C(c2nc(-c3ccccn3)n(C)c2C)C(F)(F)C(F)(F)C1(F)F. The zero-order valence-electron chi connectivity index (χ0n) is 19.2. The summed E-state index contributed by atoms with van der Waals surface area (Å²) in [5, 5.41) is 0. The van der Waals surface area contributed by atoms with Crippen molar-refractivity contribution in [3.05, 3.63) is 77.6 Å². The molecule has 0 atom stereocenters. The Morgan fingerprint density at radius 1 is 0.806 bits per heavy atom. The molecule has 0 N–H and O–H groups in total. The number of rotatable bonds is 4. The summed E-state index contributed by atoms with van der Waals surface area (Å²) in [6, 6.07) is 12.8. The van der Waals surface area contributed by atoms with Gasteiger partial charge in [-0.25, -0.2) is 9.97 Å². The molecular formula is C25H18F6N4O. The highest BCUT2D eigenvalue weighted by atomic mass is 19.3. The van der Waals surface area contributed by atoms with Gasteiger partial charge < -0.3 is 8.98 Å². The topological polar surface area (TPSA) is 56.7 Å². The molecule has 1 aliphatic carbocycles. The molecule has 3 aromatic heterocycles. The smallest absolute Gasteiger partial charge is 0.380 e. The standard InChI is InChI=1S/C25H18F6N4O/c1-13-20(36-22(33-13)15-9-5-4-6-10-15)18-17(23(26,27)25(30,31)24(18,28)29)19-14(2)35(3)21(34-19)16-11-7-8-12-32-16/h4-12H,1-3H3. The van der Waals surface area contributed by atoms with Crippen molar-refractivity contribution < 1.29 is 30.8 Å². The molecule has 0 saturated heterocycles. The number of allylic oxidation sites excluding steroid dienone is 2. The maximum atomic E-state index is 15.3. The van der Waals surface area contributed by atoms with Gasteiger partial charge in [0.25, 0.3) is 0 Å². The highest BCUT2D eigenvalue weighted by molar-refractivity contribution is 6.00. The first-order valence-corrected chi connectivity index (χ1v) is 10.8. The van der Waals surface area contributed by atoms with Crippen LogP contribution in [0.2, 0.25) is 0 Å². The van der Waals surface area contributed by atoms with Gasteiger partial charge in [0.2, 0.25) is 5.89 Å². The van der Waals surface area contributed by atoms with Crippen LogP contribution >= 0.6 is 0 Å². The fraction of sp³-hybridized carbons (Fsp3) is 0.240. The molecule has 0 fully saturated rings. The number of aryl methyl sites for hydroxylation is 1. The Morgan fingerprint density at radius 3 is 2.08 bits per heavy atom. The van der Waals surface area contributed by atoms with Crippen molar-refractivity contribution >= 4 is 11.1 Å². The zero-order valence-corrected chi connectivity index (χ0v) is 19.2. The normalized spacial score (nSPS) is 18.1. The maximum Gasteiger partial charge on any atom is 0.380 e. The lowest BCUT2D eigenvalue weighted by molar-refractivity contribution is -0.254. The maximum absolute atomic E-state index is 15.3. The van der Waals surface area contributed by atoms with Crippen LogP contribution in [-0.2, 0) is 7.05 Å². The average Bonchev–Trinajstić information content (AvgIpc) is 3.40.